The number of amides is 1. The number of phosphoric ester groups is 1. The van der Waals surface area contributed by atoms with Gasteiger partial charge >= 0.3 is 7.82 Å². The van der Waals surface area contributed by atoms with E-state index in [-0.39, 0.29) is 19.1 Å². The van der Waals surface area contributed by atoms with Gasteiger partial charge < -0.3 is 19.8 Å². The van der Waals surface area contributed by atoms with E-state index in [1.165, 1.54) is 122 Å². The average molecular weight is 944 g/mol. The van der Waals surface area contributed by atoms with Crippen molar-refractivity contribution in [3.05, 3.63) is 85.1 Å². The fourth-order valence-electron chi connectivity index (χ4n) is 7.40. The molecule has 0 spiro atoms. The van der Waals surface area contributed by atoms with Crippen LogP contribution in [0.4, 0.5) is 0 Å². The lowest BCUT2D eigenvalue weighted by molar-refractivity contribution is -0.870. The van der Waals surface area contributed by atoms with Crippen LogP contribution in [-0.4, -0.2) is 73.4 Å². The number of nitrogens with zero attached hydrogens (tertiary/aromatic N) is 1. The van der Waals surface area contributed by atoms with E-state index in [1.807, 2.05) is 27.2 Å². The number of carbonyl (C=O) groups excluding carboxylic acids is 1. The lowest BCUT2D eigenvalue weighted by Crippen LogP contribution is -2.45. The molecule has 0 saturated heterocycles. The SMILES string of the molecule is CC/C=C\C/C=C\C/C=C\C/C=C\C/C=C\C/C=C\CCCCC(=O)NC(COP(=O)(O)OCC[N+](C)(C)C)C(O)/C=C/CCCCCCCCCCCCCCCCCCCCCCC. The van der Waals surface area contributed by atoms with E-state index in [4.69, 9.17) is 9.05 Å². The Kier molecular flexibility index (Phi) is 46.1. The Hall–Kier alpha value is -2.32. The van der Waals surface area contributed by atoms with Gasteiger partial charge in [-0.2, -0.15) is 0 Å². The molecule has 0 aromatic carbocycles. The van der Waals surface area contributed by atoms with Gasteiger partial charge in [0.1, 0.15) is 13.2 Å². The summed E-state index contributed by atoms with van der Waals surface area (Å²) >= 11 is 0. The third-order valence-electron chi connectivity index (χ3n) is 11.6. The third kappa shape index (κ3) is 49.6. The fraction of sp³-hybridized carbons (Fsp3) is 0.737. The number of unbranched alkanes of at least 4 members (excludes halogenated alkanes) is 23. The molecule has 382 valence electrons. The van der Waals surface area contributed by atoms with Crippen LogP contribution in [-0.2, 0) is 18.4 Å². The Balaban J connectivity index is 4.38. The number of quaternary nitrogens is 1. The largest absolute Gasteiger partial charge is 0.472 e. The summed E-state index contributed by atoms with van der Waals surface area (Å²) in [6.07, 6.45) is 66.8. The first-order chi connectivity index (χ1) is 32.0. The third-order valence-corrected chi connectivity index (χ3v) is 12.6. The van der Waals surface area contributed by atoms with Gasteiger partial charge in [0.15, 0.2) is 0 Å². The molecule has 0 saturated carbocycles. The number of rotatable bonds is 48. The summed E-state index contributed by atoms with van der Waals surface area (Å²) in [5.74, 6) is -0.220. The molecule has 0 bridgehead atoms. The molecule has 3 atom stereocenters. The van der Waals surface area contributed by atoms with Crippen LogP contribution in [0.15, 0.2) is 85.1 Å². The number of likely N-dealkylation sites (N-methyl/N-ethyl adjacent to an activating group) is 1. The van der Waals surface area contributed by atoms with Crippen molar-refractivity contribution in [3.63, 3.8) is 0 Å². The first-order valence-corrected chi connectivity index (χ1v) is 28.5. The zero-order valence-electron chi connectivity index (χ0n) is 43.4. The minimum Gasteiger partial charge on any atom is -0.387 e. The minimum atomic E-state index is -4.36. The minimum absolute atomic E-state index is 0.0486. The topological polar surface area (TPSA) is 105 Å². The zero-order valence-corrected chi connectivity index (χ0v) is 44.3. The Morgan fingerprint density at radius 1 is 0.530 bits per heavy atom. The lowest BCUT2D eigenvalue weighted by Gasteiger charge is -2.25. The van der Waals surface area contributed by atoms with Crippen molar-refractivity contribution in [2.45, 2.75) is 231 Å². The number of aliphatic hydroxyl groups is 1. The molecule has 0 aromatic rings. The monoisotopic (exact) mass is 944 g/mol. The first-order valence-electron chi connectivity index (χ1n) is 27.0. The van der Waals surface area contributed by atoms with Crippen molar-refractivity contribution >= 4 is 13.7 Å². The lowest BCUT2D eigenvalue weighted by atomic mass is 10.0. The van der Waals surface area contributed by atoms with Crippen LogP contribution in [0.1, 0.15) is 219 Å². The van der Waals surface area contributed by atoms with Gasteiger partial charge in [-0.05, 0) is 70.6 Å². The summed E-state index contributed by atoms with van der Waals surface area (Å²) in [5, 5.41) is 13.9. The highest BCUT2D eigenvalue weighted by atomic mass is 31.2. The molecule has 0 fully saturated rings. The summed E-state index contributed by atoms with van der Waals surface area (Å²) < 4.78 is 23.7. The molecule has 0 aliphatic rings. The summed E-state index contributed by atoms with van der Waals surface area (Å²) in [4.78, 5) is 23.2. The summed E-state index contributed by atoms with van der Waals surface area (Å²) in [7, 11) is 1.53. The van der Waals surface area contributed by atoms with Gasteiger partial charge in [-0.1, -0.05) is 227 Å². The number of aliphatic hydroxyl groups excluding tert-OH is 1. The van der Waals surface area contributed by atoms with Gasteiger partial charge in [-0.15, -0.1) is 0 Å². The predicted molar refractivity (Wildman–Crippen MR) is 286 cm³/mol. The van der Waals surface area contributed by atoms with E-state index in [9.17, 15) is 19.4 Å². The number of phosphoric acid groups is 1. The van der Waals surface area contributed by atoms with Crippen molar-refractivity contribution in [2.75, 3.05) is 40.9 Å². The van der Waals surface area contributed by atoms with E-state index in [0.29, 0.717) is 23.9 Å². The number of nitrogens with one attached hydrogen (secondary N) is 1. The quantitative estimate of drug-likeness (QED) is 0.0243. The molecule has 0 aliphatic heterocycles. The highest BCUT2D eigenvalue weighted by molar-refractivity contribution is 7.47. The fourth-order valence-corrected chi connectivity index (χ4v) is 8.13. The highest BCUT2D eigenvalue weighted by Crippen LogP contribution is 2.43. The van der Waals surface area contributed by atoms with E-state index in [0.717, 1.165) is 70.6 Å². The number of hydrogen-bond acceptors (Lipinski definition) is 5. The Labute approximate surface area is 407 Å². The molecule has 3 N–H and O–H groups in total. The average Bonchev–Trinajstić information content (AvgIpc) is 3.28. The van der Waals surface area contributed by atoms with Crippen LogP contribution in [0.3, 0.4) is 0 Å². The van der Waals surface area contributed by atoms with Gasteiger partial charge in [0, 0.05) is 6.42 Å². The van der Waals surface area contributed by atoms with Crippen molar-refractivity contribution in [1.29, 1.82) is 0 Å². The molecule has 0 radical (unpaired) electrons. The summed E-state index contributed by atoms with van der Waals surface area (Å²) in [5.41, 5.74) is 0. The molecule has 0 heterocycles. The van der Waals surface area contributed by atoms with E-state index in [1.54, 1.807) is 6.08 Å². The van der Waals surface area contributed by atoms with Crippen LogP contribution in [0, 0.1) is 0 Å². The molecule has 9 heteroatoms. The second-order valence-corrected chi connectivity index (χ2v) is 20.7. The van der Waals surface area contributed by atoms with Gasteiger partial charge in [0.05, 0.1) is 39.9 Å². The van der Waals surface area contributed by atoms with Crippen LogP contribution < -0.4 is 5.32 Å². The molecule has 0 aliphatic carbocycles. The second kappa shape index (κ2) is 47.7. The van der Waals surface area contributed by atoms with Gasteiger partial charge in [-0.25, -0.2) is 4.57 Å². The highest BCUT2D eigenvalue weighted by Gasteiger charge is 2.27. The van der Waals surface area contributed by atoms with Crippen molar-refractivity contribution in [2.24, 2.45) is 0 Å². The van der Waals surface area contributed by atoms with Crippen LogP contribution in [0.25, 0.3) is 0 Å². The molecule has 1 amide bonds. The number of carbonyl (C=O) groups is 1. The number of allylic oxidation sites excluding steroid dienone is 13. The van der Waals surface area contributed by atoms with Gasteiger partial charge in [-0.3, -0.25) is 13.8 Å². The Morgan fingerprint density at radius 3 is 1.33 bits per heavy atom. The normalized spacial score (nSPS) is 14.7. The van der Waals surface area contributed by atoms with Gasteiger partial charge in [0.2, 0.25) is 5.91 Å². The molecule has 0 aromatic heterocycles. The van der Waals surface area contributed by atoms with Crippen LogP contribution >= 0.6 is 7.82 Å². The summed E-state index contributed by atoms with van der Waals surface area (Å²) in [6.45, 7) is 4.67. The van der Waals surface area contributed by atoms with Crippen molar-refractivity contribution in [3.8, 4) is 0 Å². The van der Waals surface area contributed by atoms with E-state index >= 15 is 0 Å². The maximum atomic E-state index is 12.9. The predicted octanol–water partition coefficient (Wildman–Crippen LogP) is 16.1. The molecule has 8 nitrogen and oxygen atoms in total. The zero-order chi connectivity index (χ0) is 48.5. The standard InChI is InChI=1S/C57H103N2O6P/c1-6-8-10-12-14-16-18-20-22-24-26-28-29-31-32-34-36-38-40-42-44-46-48-50-56(60)55(54-65-66(62,63)64-53-52-59(3,4)5)58-57(61)51-49-47-45-43-41-39-37-35-33-30-27-25-23-21-19-17-15-13-11-9-7-2/h9,11,15,17,21,23,27,30,35,37,41,43,48,50,55-56,60H,6-8,10,12-14,16,18-20,22,24-26,28-29,31-34,36,38-40,42,44-47,49,51-54H2,1-5H3,(H-,58,61,62,63)/p+1/b11-9-,17-15-,23-21-,30-27-,37-35-,43-41-,50-48+. The van der Waals surface area contributed by atoms with Crippen molar-refractivity contribution in [1.82, 2.24) is 5.32 Å². The maximum absolute atomic E-state index is 12.9. The molecular formula is C57H104N2O6P+. The smallest absolute Gasteiger partial charge is 0.387 e. The molecule has 3 unspecified atom stereocenters. The molecule has 0 rings (SSSR count). The van der Waals surface area contributed by atoms with Crippen molar-refractivity contribution < 1.29 is 32.9 Å². The van der Waals surface area contributed by atoms with E-state index in [2.05, 4.69) is 92.1 Å². The Bertz CT molecular complexity index is 1350. The maximum Gasteiger partial charge on any atom is 0.472 e. The Morgan fingerprint density at radius 2 is 0.909 bits per heavy atom. The van der Waals surface area contributed by atoms with Crippen LogP contribution in [0.2, 0.25) is 0 Å². The summed E-state index contributed by atoms with van der Waals surface area (Å²) in [6, 6.07) is -0.876. The molecular weight excluding hydrogens is 840 g/mol. The second-order valence-electron chi connectivity index (χ2n) is 19.2. The van der Waals surface area contributed by atoms with E-state index < -0.39 is 20.0 Å². The molecule has 66 heavy (non-hydrogen) atoms. The van der Waals surface area contributed by atoms with Crippen LogP contribution in [0.5, 0.6) is 0 Å². The number of hydrogen-bond donors (Lipinski definition) is 3. The first kappa shape index (κ1) is 63.7. The van der Waals surface area contributed by atoms with Gasteiger partial charge in [0.25, 0.3) is 0 Å².